The average Bonchev–Trinajstić information content (AvgIpc) is 2.98. The second-order valence-corrected chi connectivity index (χ2v) is 7.49. The molecule has 3 rings (SSSR count). The number of carbonyl (C=O) groups is 1. The molecule has 0 unspecified atom stereocenters. The van der Waals surface area contributed by atoms with E-state index < -0.39 is 0 Å². The number of amides is 1. The van der Waals surface area contributed by atoms with Gasteiger partial charge >= 0.3 is 0 Å². The summed E-state index contributed by atoms with van der Waals surface area (Å²) in [7, 11) is 0. The van der Waals surface area contributed by atoms with E-state index in [9.17, 15) is 4.79 Å². The Kier molecular flexibility index (Phi) is 5.32. The molecule has 0 N–H and O–H groups in total. The molecule has 1 spiro atoms. The van der Waals surface area contributed by atoms with Crippen LogP contribution in [0.2, 0.25) is 5.02 Å². The lowest BCUT2D eigenvalue weighted by atomic mass is 9.89. The number of thioether (sulfide) groups is 1. The summed E-state index contributed by atoms with van der Waals surface area (Å²) in [6, 6.07) is 7.82. The third kappa shape index (κ3) is 3.79. The van der Waals surface area contributed by atoms with Crippen LogP contribution in [0.1, 0.15) is 31.2 Å². The van der Waals surface area contributed by atoms with Crippen molar-refractivity contribution in [3.8, 4) is 0 Å². The van der Waals surface area contributed by atoms with E-state index in [1.54, 1.807) is 11.8 Å². The maximum absolute atomic E-state index is 12.3. The third-order valence-electron chi connectivity index (χ3n) is 4.65. The van der Waals surface area contributed by atoms with Gasteiger partial charge in [0, 0.05) is 30.5 Å². The number of rotatable bonds is 4. The molecule has 120 valence electrons. The van der Waals surface area contributed by atoms with Crippen LogP contribution in [0.15, 0.2) is 24.3 Å². The Labute approximate surface area is 141 Å². The largest absolute Gasteiger partial charge is 0.375 e. The first-order chi connectivity index (χ1) is 10.7. The summed E-state index contributed by atoms with van der Waals surface area (Å²) in [5.74, 6) is 1.55. The van der Waals surface area contributed by atoms with Crippen molar-refractivity contribution in [2.75, 3.05) is 25.4 Å². The number of likely N-dealkylation sites (tertiary alicyclic amines) is 1. The number of benzene rings is 1. The van der Waals surface area contributed by atoms with Gasteiger partial charge in [-0.15, -0.1) is 11.8 Å². The lowest BCUT2D eigenvalue weighted by Crippen LogP contribution is -2.46. The van der Waals surface area contributed by atoms with Crippen LogP contribution in [-0.4, -0.2) is 41.9 Å². The molecule has 2 saturated heterocycles. The molecule has 2 aliphatic heterocycles. The molecule has 5 heteroatoms. The first kappa shape index (κ1) is 16.2. The minimum atomic E-state index is 0.0848. The quantitative estimate of drug-likeness (QED) is 0.836. The maximum atomic E-state index is 12.3. The van der Waals surface area contributed by atoms with Crippen LogP contribution >= 0.6 is 23.4 Å². The molecule has 0 aliphatic carbocycles. The highest BCUT2D eigenvalue weighted by molar-refractivity contribution is 7.99. The minimum Gasteiger partial charge on any atom is -0.375 e. The predicted octanol–water partition coefficient (Wildman–Crippen LogP) is 3.74. The summed E-state index contributed by atoms with van der Waals surface area (Å²) in [4.78, 5) is 14.3. The van der Waals surface area contributed by atoms with Gasteiger partial charge in [-0.05, 0) is 37.3 Å². The number of nitrogens with zero attached hydrogens (tertiary/aromatic N) is 1. The van der Waals surface area contributed by atoms with Crippen molar-refractivity contribution in [1.82, 2.24) is 4.90 Å². The maximum Gasteiger partial charge on any atom is 0.232 e. The molecular formula is C17H22ClNO2S. The number of carbonyl (C=O) groups excluding carboxylic acids is 1. The van der Waals surface area contributed by atoms with Gasteiger partial charge in [0.05, 0.1) is 11.4 Å². The summed E-state index contributed by atoms with van der Waals surface area (Å²) in [6.45, 7) is 2.57. The van der Waals surface area contributed by atoms with Crippen molar-refractivity contribution < 1.29 is 9.53 Å². The van der Waals surface area contributed by atoms with Crippen molar-refractivity contribution >= 4 is 29.3 Å². The number of piperidine rings is 1. The average molecular weight is 340 g/mol. The van der Waals surface area contributed by atoms with Gasteiger partial charge in [0.15, 0.2) is 0 Å². The molecule has 0 aromatic heterocycles. The molecule has 2 fully saturated rings. The Morgan fingerprint density at radius 1 is 1.27 bits per heavy atom. The van der Waals surface area contributed by atoms with E-state index >= 15 is 0 Å². The lowest BCUT2D eigenvalue weighted by Gasteiger charge is -2.38. The molecular weight excluding hydrogens is 318 g/mol. The fourth-order valence-corrected chi connectivity index (χ4v) is 4.48. The monoisotopic (exact) mass is 339 g/mol. The van der Waals surface area contributed by atoms with Gasteiger partial charge in [0.2, 0.25) is 5.91 Å². The highest BCUT2D eigenvalue weighted by Gasteiger charge is 2.39. The van der Waals surface area contributed by atoms with Crippen LogP contribution in [0.4, 0.5) is 0 Å². The second-order valence-electron chi connectivity index (χ2n) is 6.10. The molecule has 3 nitrogen and oxygen atoms in total. The SMILES string of the molecule is O=C(CSCc1ccccc1Cl)N1CCC2(CCCO2)CC1. The van der Waals surface area contributed by atoms with Crippen LogP contribution < -0.4 is 0 Å². The molecule has 2 aliphatic rings. The topological polar surface area (TPSA) is 29.5 Å². The van der Waals surface area contributed by atoms with Crippen LogP contribution in [-0.2, 0) is 15.3 Å². The summed E-state index contributed by atoms with van der Waals surface area (Å²) in [6.07, 6.45) is 4.32. The van der Waals surface area contributed by atoms with Gasteiger partial charge in [0.25, 0.3) is 0 Å². The number of hydrogen-bond donors (Lipinski definition) is 0. The Hall–Kier alpha value is -0.710. The zero-order valence-electron chi connectivity index (χ0n) is 12.7. The summed E-state index contributed by atoms with van der Waals surface area (Å²) >= 11 is 7.77. The molecule has 1 aromatic carbocycles. The molecule has 1 aromatic rings. The van der Waals surface area contributed by atoms with Crippen LogP contribution in [0.25, 0.3) is 0 Å². The normalized spacial score (nSPS) is 20.5. The highest BCUT2D eigenvalue weighted by Crippen LogP contribution is 2.35. The van der Waals surface area contributed by atoms with E-state index in [-0.39, 0.29) is 11.5 Å². The standard InChI is InChI=1S/C17H22ClNO2S/c18-15-5-2-1-4-14(15)12-22-13-16(20)19-9-7-17(8-10-19)6-3-11-21-17/h1-2,4-5H,3,6-13H2. The van der Waals surface area contributed by atoms with Gasteiger partial charge in [0.1, 0.15) is 0 Å². The smallest absolute Gasteiger partial charge is 0.232 e. The molecule has 2 heterocycles. The van der Waals surface area contributed by atoms with E-state index in [4.69, 9.17) is 16.3 Å². The fraction of sp³-hybridized carbons (Fsp3) is 0.588. The summed E-state index contributed by atoms with van der Waals surface area (Å²) < 4.78 is 5.90. The molecule has 0 saturated carbocycles. The van der Waals surface area contributed by atoms with Gasteiger partial charge < -0.3 is 9.64 Å². The predicted molar refractivity (Wildman–Crippen MR) is 91.3 cm³/mol. The van der Waals surface area contributed by atoms with E-state index in [1.165, 1.54) is 6.42 Å². The number of halogens is 1. The number of hydrogen-bond acceptors (Lipinski definition) is 3. The molecule has 22 heavy (non-hydrogen) atoms. The van der Waals surface area contributed by atoms with E-state index in [0.717, 1.165) is 55.3 Å². The Balaban J connectivity index is 1.42. The van der Waals surface area contributed by atoms with Gasteiger partial charge in [-0.1, -0.05) is 29.8 Å². The van der Waals surface area contributed by atoms with Crippen molar-refractivity contribution in [2.45, 2.75) is 37.0 Å². The van der Waals surface area contributed by atoms with Crippen LogP contribution in [0.5, 0.6) is 0 Å². The first-order valence-electron chi connectivity index (χ1n) is 7.91. The van der Waals surface area contributed by atoms with Gasteiger partial charge in [-0.2, -0.15) is 0 Å². The zero-order valence-corrected chi connectivity index (χ0v) is 14.3. The van der Waals surface area contributed by atoms with Crippen molar-refractivity contribution in [2.24, 2.45) is 0 Å². The van der Waals surface area contributed by atoms with Gasteiger partial charge in [-0.25, -0.2) is 0 Å². The van der Waals surface area contributed by atoms with E-state index in [0.29, 0.717) is 5.75 Å². The lowest BCUT2D eigenvalue weighted by molar-refractivity contribution is -0.133. The third-order valence-corrected chi connectivity index (χ3v) is 5.99. The Morgan fingerprint density at radius 3 is 2.73 bits per heavy atom. The zero-order chi connectivity index (χ0) is 15.4. The van der Waals surface area contributed by atoms with Crippen molar-refractivity contribution in [3.05, 3.63) is 34.9 Å². The van der Waals surface area contributed by atoms with Crippen molar-refractivity contribution in [3.63, 3.8) is 0 Å². The Morgan fingerprint density at radius 2 is 2.05 bits per heavy atom. The summed E-state index contributed by atoms with van der Waals surface area (Å²) in [5, 5.41) is 0.778. The van der Waals surface area contributed by atoms with Crippen LogP contribution in [0, 0.1) is 0 Å². The molecule has 1 amide bonds. The van der Waals surface area contributed by atoms with Crippen LogP contribution in [0.3, 0.4) is 0 Å². The molecule has 0 atom stereocenters. The van der Waals surface area contributed by atoms with Gasteiger partial charge in [-0.3, -0.25) is 4.79 Å². The Bertz CT molecular complexity index is 521. The fourth-order valence-electron chi connectivity index (χ4n) is 3.27. The second kappa shape index (κ2) is 7.24. The van der Waals surface area contributed by atoms with E-state index in [2.05, 4.69) is 0 Å². The first-order valence-corrected chi connectivity index (χ1v) is 9.45. The molecule has 0 radical (unpaired) electrons. The molecule has 0 bridgehead atoms. The van der Waals surface area contributed by atoms with E-state index in [1.807, 2.05) is 29.2 Å². The number of ether oxygens (including phenoxy) is 1. The minimum absolute atomic E-state index is 0.0848. The highest BCUT2D eigenvalue weighted by atomic mass is 35.5. The van der Waals surface area contributed by atoms with Crippen molar-refractivity contribution in [1.29, 1.82) is 0 Å². The summed E-state index contributed by atoms with van der Waals surface area (Å²) in [5.41, 5.74) is 1.18.